The van der Waals surface area contributed by atoms with Crippen LogP contribution in [0.25, 0.3) is 0 Å². The van der Waals surface area contributed by atoms with Crippen molar-refractivity contribution in [3.8, 4) is 0 Å². The van der Waals surface area contributed by atoms with Crippen molar-refractivity contribution in [2.75, 3.05) is 31.9 Å². The molecule has 0 aliphatic carbocycles. The standard InChI is InChI=1S/C13H14F2N4O2/c14-9-4-10(15)11(16)3-8(9)12(20)18-1-2-19-7(6-18)5-17-13(19)21/h3-4,7H,1-2,5-6,16H2,(H,17,21). The zero-order valence-corrected chi connectivity index (χ0v) is 11.1. The first-order chi connectivity index (χ1) is 9.97. The summed E-state index contributed by atoms with van der Waals surface area (Å²) in [6.45, 7) is 1.46. The van der Waals surface area contributed by atoms with Gasteiger partial charge in [0.25, 0.3) is 5.91 Å². The van der Waals surface area contributed by atoms with E-state index < -0.39 is 17.5 Å². The number of rotatable bonds is 1. The molecule has 1 aromatic rings. The SMILES string of the molecule is Nc1cc(C(=O)N2CCN3C(=O)NCC3C2)c(F)cc1F. The van der Waals surface area contributed by atoms with Gasteiger partial charge in [-0.3, -0.25) is 4.79 Å². The molecule has 1 aromatic carbocycles. The predicted octanol–water partition coefficient (Wildman–Crippen LogP) is 0.397. The van der Waals surface area contributed by atoms with E-state index in [9.17, 15) is 18.4 Å². The third-order valence-electron chi connectivity index (χ3n) is 3.84. The molecule has 0 spiro atoms. The summed E-state index contributed by atoms with van der Waals surface area (Å²) in [7, 11) is 0. The first-order valence-electron chi connectivity index (χ1n) is 6.55. The molecule has 2 saturated heterocycles. The van der Waals surface area contributed by atoms with E-state index in [0.717, 1.165) is 6.07 Å². The number of amides is 3. The number of nitrogen functional groups attached to an aromatic ring is 1. The molecule has 6 nitrogen and oxygen atoms in total. The van der Waals surface area contributed by atoms with Gasteiger partial charge >= 0.3 is 6.03 Å². The van der Waals surface area contributed by atoms with E-state index in [4.69, 9.17) is 5.73 Å². The summed E-state index contributed by atoms with van der Waals surface area (Å²) in [6.07, 6.45) is 0. The zero-order chi connectivity index (χ0) is 15.1. The van der Waals surface area contributed by atoms with E-state index in [2.05, 4.69) is 5.32 Å². The molecular formula is C13H14F2N4O2. The Morgan fingerprint density at radius 3 is 2.81 bits per heavy atom. The highest BCUT2D eigenvalue weighted by atomic mass is 19.1. The van der Waals surface area contributed by atoms with E-state index in [1.165, 1.54) is 4.90 Å². The van der Waals surface area contributed by atoms with Gasteiger partial charge in [0.05, 0.1) is 17.3 Å². The number of nitrogens with two attached hydrogens (primary N) is 1. The van der Waals surface area contributed by atoms with Gasteiger partial charge in [0.2, 0.25) is 0 Å². The van der Waals surface area contributed by atoms with Crippen LogP contribution in [0.2, 0.25) is 0 Å². The van der Waals surface area contributed by atoms with Gasteiger partial charge in [-0.25, -0.2) is 13.6 Å². The lowest BCUT2D eigenvalue weighted by Crippen LogP contribution is -2.53. The predicted molar refractivity (Wildman–Crippen MR) is 70.6 cm³/mol. The van der Waals surface area contributed by atoms with Crippen molar-refractivity contribution in [3.63, 3.8) is 0 Å². The number of halogens is 2. The molecule has 0 aromatic heterocycles. The Labute approximate surface area is 119 Å². The topological polar surface area (TPSA) is 78.7 Å². The van der Waals surface area contributed by atoms with Gasteiger partial charge in [-0.05, 0) is 6.07 Å². The van der Waals surface area contributed by atoms with Crippen LogP contribution in [0.1, 0.15) is 10.4 Å². The second-order valence-corrected chi connectivity index (χ2v) is 5.14. The number of carbonyl (C=O) groups excluding carboxylic acids is 2. The number of nitrogens with one attached hydrogen (secondary N) is 1. The Balaban J connectivity index is 1.80. The van der Waals surface area contributed by atoms with E-state index in [-0.39, 0.29) is 23.3 Å². The van der Waals surface area contributed by atoms with Crippen LogP contribution in [0.3, 0.4) is 0 Å². The molecule has 3 rings (SSSR count). The largest absolute Gasteiger partial charge is 0.396 e. The van der Waals surface area contributed by atoms with Crippen LogP contribution >= 0.6 is 0 Å². The van der Waals surface area contributed by atoms with E-state index >= 15 is 0 Å². The smallest absolute Gasteiger partial charge is 0.317 e. The lowest BCUT2D eigenvalue weighted by Gasteiger charge is -2.36. The Morgan fingerprint density at radius 2 is 2.05 bits per heavy atom. The molecule has 2 aliphatic rings. The average Bonchev–Trinajstić information content (AvgIpc) is 2.83. The minimum absolute atomic E-state index is 0.115. The zero-order valence-electron chi connectivity index (χ0n) is 11.1. The molecule has 3 N–H and O–H groups in total. The maximum atomic E-state index is 13.7. The van der Waals surface area contributed by atoms with Crippen LogP contribution in [0.5, 0.6) is 0 Å². The number of nitrogens with zero attached hydrogens (tertiary/aromatic N) is 2. The number of urea groups is 1. The Hall–Kier alpha value is -2.38. The molecule has 1 unspecified atom stereocenters. The van der Waals surface area contributed by atoms with Crippen LogP contribution in [0.15, 0.2) is 12.1 Å². The van der Waals surface area contributed by atoms with Crippen LogP contribution in [0, 0.1) is 11.6 Å². The van der Waals surface area contributed by atoms with Gasteiger partial charge in [0.15, 0.2) is 0 Å². The maximum absolute atomic E-state index is 13.7. The van der Waals surface area contributed by atoms with E-state index in [1.807, 2.05) is 0 Å². The lowest BCUT2D eigenvalue weighted by molar-refractivity contribution is 0.0612. The Morgan fingerprint density at radius 1 is 1.29 bits per heavy atom. The Kier molecular flexibility index (Phi) is 3.15. The normalized spacial score (nSPS) is 21.2. The highest BCUT2D eigenvalue weighted by Crippen LogP contribution is 2.21. The van der Waals surface area contributed by atoms with Crippen molar-refractivity contribution >= 4 is 17.6 Å². The minimum atomic E-state index is -0.935. The lowest BCUT2D eigenvalue weighted by atomic mass is 10.1. The fourth-order valence-corrected chi connectivity index (χ4v) is 2.69. The molecule has 3 amide bonds. The van der Waals surface area contributed by atoms with E-state index in [1.54, 1.807) is 4.90 Å². The van der Waals surface area contributed by atoms with Gasteiger partial charge in [-0.15, -0.1) is 0 Å². The molecule has 1 atom stereocenters. The summed E-state index contributed by atoms with van der Waals surface area (Å²) in [6, 6.07) is 1.36. The van der Waals surface area contributed by atoms with Gasteiger partial charge < -0.3 is 20.9 Å². The van der Waals surface area contributed by atoms with Gasteiger partial charge in [-0.2, -0.15) is 0 Å². The van der Waals surface area contributed by atoms with Crippen LogP contribution in [0.4, 0.5) is 19.3 Å². The quantitative estimate of drug-likeness (QED) is 0.736. The second-order valence-electron chi connectivity index (χ2n) is 5.14. The number of hydrogen-bond acceptors (Lipinski definition) is 3. The number of fused-ring (bicyclic) bond motifs is 1. The molecule has 2 aliphatic heterocycles. The van der Waals surface area contributed by atoms with Crippen molar-refractivity contribution in [2.24, 2.45) is 0 Å². The van der Waals surface area contributed by atoms with Crippen molar-refractivity contribution in [3.05, 3.63) is 29.3 Å². The summed E-state index contributed by atoms with van der Waals surface area (Å²) in [4.78, 5) is 26.9. The fraction of sp³-hybridized carbons (Fsp3) is 0.385. The van der Waals surface area contributed by atoms with Crippen LogP contribution in [-0.4, -0.2) is 54.0 Å². The molecule has 2 fully saturated rings. The summed E-state index contributed by atoms with van der Waals surface area (Å²) >= 11 is 0. The summed E-state index contributed by atoms with van der Waals surface area (Å²) in [5.41, 5.74) is 4.87. The van der Waals surface area contributed by atoms with Crippen molar-refractivity contribution in [2.45, 2.75) is 6.04 Å². The van der Waals surface area contributed by atoms with Gasteiger partial charge in [0.1, 0.15) is 11.6 Å². The van der Waals surface area contributed by atoms with Gasteiger partial charge in [0, 0.05) is 32.2 Å². The third kappa shape index (κ3) is 2.26. The van der Waals surface area contributed by atoms with Crippen molar-refractivity contribution < 1.29 is 18.4 Å². The average molecular weight is 296 g/mol. The second kappa shape index (κ2) is 4.87. The first-order valence-corrected chi connectivity index (χ1v) is 6.55. The van der Waals surface area contributed by atoms with Crippen molar-refractivity contribution in [1.82, 2.24) is 15.1 Å². The fourth-order valence-electron chi connectivity index (χ4n) is 2.69. The molecule has 2 heterocycles. The third-order valence-corrected chi connectivity index (χ3v) is 3.84. The maximum Gasteiger partial charge on any atom is 0.317 e. The Bertz CT molecular complexity index is 622. The summed E-state index contributed by atoms with van der Waals surface area (Å²) in [5.74, 6) is -2.37. The number of carbonyl (C=O) groups is 2. The monoisotopic (exact) mass is 296 g/mol. The minimum Gasteiger partial charge on any atom is -0.396 e. The molecule has 0 bridgehead atoms. The van der Waals surface area contributed by atoms with E-state index in [0.29, 0.717) is 32.2 Å². The number of anilines is 1. The molecule has 112 valence electrons. The molecule has 21 heavy (non-hydrogen) atoms. The number of hydrogen-bond donors (Lipinski definition) is 2. The highest BCUT2D eigenvalue weighted by molar-refractivity contribution is 5.95. The van der Waals surface area contributed by atoms with Gasteiger partial charge in [-0.1, -0.05) is 0 Å². The summed E-state index contributed by atoms with van der Waals surface area (Å²) in [5, 5.41) is 2.69. The van der Waals surface area contributed by atoms with Crippen LogP contribution in [-0.2, 0) is 0 Å². The molecule has 0 saturated carbocycles. The highest BCUT2D eigenvalue weighted by Gasteiger charge is 2.37. The molecular weight excluding hydrogens is 282 g/mol. The number of benzene rings is 1. The molecule has 8 heteroatoms. The number of piperazine rings is 1. The summed E-state index contributed by atoms with van der Waals surface area (Å²) < 4.78 is 26.9. The first kappa shape index (κ1) is 13.6. The molecule has 0 radical (unpaired) electrons. The van der Waals surface area contributed by atoms with Crippen LogP contribution < -0.4 is 11.1 Å². The van der Waals surface area contributed by atoms with Crippen molar-refractivity contribution in [1.29, 1.82) is 0 Å².